The molecule has 0 saturated carbocycles. The lowest BCUT2D eigenvalue weighted by atomic mass is 10.3. The fraction of sp³-hybridized carbons (Fsp3) is 0.111. The molecule has 0 amide bonds. The van der Waals surface area contributed by atoms with E-state index in [1.54, 1.807) is 6.07 Å². The zero-order valence-electron chi connectivity index (χ0n) is 7.84. The molecule has 0 atom stereocenters. The van der Waals surface area contributed by atoms with Crippen LogP contribution in [-0.2, 0) is 7.05 Å². The first-order chi connectivity index (χ1) is 7.11. The van der Waals surface area contributed by atoms with Crippen LogP contribution in [-0.4, -0.2) is 25.6 Å². The first-order valence-electron chi connectivity index (χ1n) is 4.15. The highest BCUT2D eigenvalue weighted by Gasteiger charge is 2.14. The van der Waals surface area contributed by atoms with Crippen LogP contribution in [0.4, 0.5) is 0 Å². The smallest absolute Gasteiger partial charge is 0.360 e. The van der Waals surface area contributed by atoms with Gasteiger partial charge in [0.25, 0.3) is 5.56 Å². The Kier molecular flexibility index (Phi) is 1.96. The Balaban J connectivity index is 2.95. The number of aryl methyl sites for hydroxylation is 1. The summed E-state index contributed by atoms with van der Waals surface area (Å²) in [5.41, 5.74) is -0.170. The zero-order chi connectivity index (χ0) is 11.0. The van der Waals surface area contributed by atoms with Gasteiger partial charge in [-0.2, -0.15) is 0 Å². The van der Waals surface area contributed by atoms with Crippen LogP contribution in [0, 0.1) is 0 Å². The maximum atomic E-state index is 11.5. The molecular formula is C9H7N3O3. The average molecular weight is 205 g/mol. The van der Waals surface area contributed by atoms with Gasteiger partial charge in [0.1, 0.15) is 5.52 Å². The summed E-state index contributed by atoms with van der Waals surface area (Å²) in [6.45, 7) is 0. The number of aromatic carboxylic acids is 1. The lowest BCUT2D eigenvalue weighted by molar-refractivity contribution is 0.0688. The van der Waals surface area contributed by atoms with Crippen molar-refractivity contribution in [1.82, 2.24) is 14.5 Å². The van der Waals surface area contributed by atoms with Gasteiger partial charge in [-0.05, 0) is 6.07 Å². The maximum Gasteiger partial charge on any atom is 0.360 e. The predicted octanol–water partition coefficient (Wildman–Crippen LogP) is 0.0267. The monoisotopic (exact) mass is 205 g/mol. The van der Waals surface area contributed by atoms with Gasteiger partial charge in [-0.1, -0.05) is 0 Å². The molecule has 0 aliphatic carbocycles. The van der Waals surface area contributed by atoms with E-state index in [0.29, 0.717) is 11.0 Å². The number of carboxylic acid groups (broad SMARTS) is 1. The van der Waals surface area contributed by atoms with Crippen molar-refractivity contribution in [3.63, 3.8) is 0 Å². The molecule has 2 aromatic heterocycles. The van der Waals surface area contributed by atoms with Crippen LogP contribution in [0.1, 0.15) is 10.5 Å². The Bertz CT molecular complexity index is 603. The van der Waals surface area contributed by atoms with E-state index in [0.717, 1.165) is 0 Å². The van der Waals surface area contributed by atoms with Crippen LogP contribution < -0.4 is 5.56 Å². The molecule has 0 aromatic carbocycles. The van der Waals surface area contributed by atoms with Gasteiger partial charge in [-0.15, -0.1) is 0 Å². The van der Waals surface area contributed by atoms with Gasteiger partial charge < -0.3 is 9.67 Å². The maximum absolute atomic E-state index is 11.5. The lowest BCUT2D eigenvalue weighted by Gasteiger charge is -2.04. The molecule has 0 unspecified atom stereocenters. The molecule has 6 heteroatoms. The largest absolute Gasteiger partial charge is 0.476 e. The highest BCUT2D eigenvalue weighted by molar-refractivity contribution is 5.87. The van der Waals surface area contributed by atoms with Gasteiger partial charge >= 0.3 is 5.97 Å². The minimum atomic E-state index is -1.33. The topological polar surface area (TPSA) is 85.1 Å². The van der Waals surface area contributed by atoms with Gasteiger partial charge in [-0.25, -0.2) is 9.78 Å². The number of fused-ring (bicyclic) bond motifs is 1. The Morgan fingerprint density at radius 3 is 2.93 bits per heavy atom. The third-order valence-electron chi connectivity index (χ3n) is 2.08. The summed E-state index contributed by atoms with van der Waals surface area (Å²) in [5.74, 6) is -1.33. The Hall–Kier alpha value is -2.24. The fourth-order valence-corrected chi connectivity index (χ4v) is 1.32. The number of hydrogen-bond donors (Lipinski definition) is 1. The Morgan fingerprint density at radius 2 is 2.27 bits per heavy atom. The SMILES string of the molecule is Cn1c(=O)c(C(=O)O)nc2cnccc21. The number of carbonyl (C=O) groups is 1. The normalized spacial score (nSPS) is 10.5. The molecule has 6 nitrogen and oxygen atoms in total. The molecule has 1 N–H and O–H groups in total. The molecule has 0 radical (unpaired) electrons. The van der Waals surface area contributed by atoms with Gasteiger partial charge in [0.2, 0.25) is 5.69 Å². The molecule has 0 saturated heterocycles. The number of aromatic nitrogens is 3. The highest BCUT2D eigenvalue weighted by Crippen LogP contribution is 2.06. The van der Waals surface area contributed by atoms with E-state index in [-0.39, 0.29) is 0 Å². The van der Waals surface area contributed by atoms with Crippen molar-refractivity contribution in [2.24, 2.45) is 7.05 Å². The average Bonchev–Trinajstić information content (AvgIpc) is 2.23. The third kappa shape index (κ3) is 1.35. The van der Waals surface area contributed by atoms with E-state index in [1.165, 1.54) is 24.0 Å². The van der Waals surface area contributed by atoms with Crippen molar-refractivity contribution in [1.29, 1.82) is 0 Å². The second kappa shape index (κ2) is 3.16. The summed E-state index contributed by atoms with van der Waals surface area (Å²) in [5, 5.41) is 8.75. The number of rotatable bonds is 1. The molecule has 0 bridgehead atoms. The lowest BCUT2D eigenvalue weighted by Crippen LogP contribution is -2.26. The molecule has 15 heavy (non-hydrogen) atoms. The number of hydrogen-bond acceptors (Lipinski definition) is 4. The van der Waals surface area contributed by atoms with Crippen molar-refractivity contribution in [3.05, 3.63) is 34.5 Å². The van der Waals surface area contributed by atoms with Gasteiger partial charge in [0.15, 0.2) is 0 Å². The van der Waals surface area contributed by atoms with Gasteiger partial charge in [0.05, 0.1) is 11.7 Å². The Labute approximate surface area is 83.8 Å². The van der Waals surface area contributed by atoms with E-state index in [2.05, 4.69) is 9.97 Å². The summed E-state index contributed by atoms with van der Waals surface area (Å²) < 4.78 is 1.24. The van der Waals surface area contributed by atoms with Gasteiger partial charge in [0, 0.05) is 13.2 Å². The van der Waals surface area contributed by atoms with E-state index in [4.69, 9.17) is 5.11 Å². The summed E-state index contributed by atoms with van der Waals surface area (Å²) in [6.07, 6.45) is 2.94. The van der Waals surface area contributed by atoms with Crippen molar-refractivity contribution < 1.29 is 9.90 Å². The van der Waals surface area contributed by atoms with Gasteiger partial charge in [-0.3, -0.25) is 9.78 Å². The fourth-order valence-electron chi connectivity index (χ4n) is 1.32. The second-order valence-corrected chi connectivity index (χ2v) is 2.99. The molecule has 2 aromatic rings. The molecule has 2 heterocycles. The second-order valence-electron chi connectivity index (χ2n) is 2.99. The van der Waals surface area contributed by atoms with Crippen LogP contribution in [0.3, 0.4) is 0 Å². The van der Waals surface area contributed by atoms with Crippen LogP contribution in [0.25, 0.3) is 11.0 Å². The summed E-state index contributed by atoms with van der Waals surface area (Å²) in [4.78, 5) is 29.8. The molecule has 76 valence electrons. The van der Waals surface area contributed by atoms with Crippen molar-refractivity contribution >= 4 is 17.0 Å². The minimum Gasteiger partial charge on any atom is -0.476 e. The van der Waals surface area contributed by atoms with E-state index in [1.807, 2.05) is 0 Å². The zero-order valence-corrected chi connectivity index (χ0v) is 7.84. The number of carboxylic acids is 1. The van der Waals surface area contributed by atoms with E-state index >= 15 is 0 Å². The molecule has 0 aliphatic rings. The van der Waals surface area contributed by atoms with Crippen LogP contribution >= 0.6 is 0 Å². The molecule has 0 aliphatic heterocycles. The molecule has 0 fully saturated rings. The van der Waals surface area contributed by atoms with E-state index < -0.39 is 17.2 Å². The van der Waals surface area contributed by atoms with Crippen LogP contribution in [0.2, 0.25) is 0 Å². The molecule has 0 spiro atoms. The first-order valence-corrected chi connectivity index (χ1v) is 4.15. The van der Waals surface area contributed by atoms with Crippen LogP contribution in [0.5, 0.6) is 0 Å². The predicted molar refractivity (Wildman–Crippen MR) is 51.7 cm³/mol. The Morgan fingerprint density at radius 1 is 1.53 bits per heavy atom. The quantitative estimate of drug-likeness (QED) is 0.709. The minimum absolute atomic E-state index is 0.386. The van der Waals surface area contributed by atoms with Crippen molar-refractivity contribution in [2.75, 3.05) is 0 Å². The number of pyridine rings is 1. The standard InChI is InChI=1S/C9H7N3O3/c1-12-6-2-3-10-4-5(6)11-7(8(12)13)9(14)15/h2-4H,1H3,(H,14,15). The first kappa shape index (κ1) is 9.32. The third-order valence-corrected chi connectivity index (χ3v) is 2.08. The number of nitrogens with zero attached hydrogens (tertiary/aromatic N) is 3. The summed E-state index contributed by atoms with van der Waals surface area (Å²) in [7, 11) is 1.50. The summed E-state index contributed by atoms with van der Waals surface area (Å²) >= 11 is 0. The molecular weight excluding hydrogens is 198 g/mol. The summed E-state index contributed by atoms with van der Waals surface area (Å²) in [6, 6.07) is 1.61. The van der Waals surface area contributed by atoms with Crippen molar-refractivity contribution in [2.45, 2.75) is 0 Å². The molecule has 2 rings (SSSR count). The van der Waals surface area contributed by atoms with Crippen molar-refractivity contribution in [3.8, 4) is 0 Å². The van der Waals surface area contributed by atoms with Crippen LogP contribution in [0.15, 0.2) is 23.3 Å². The highest BCUT2D eigenvalue weighted by atomic mass is 16.4. The van der Waals surface area contributed by atoms with E-state index in [9.17, 15) is 9.59 Å².